The van der Waals surface area contributed by atoms with E-state index in [9.17, 15) is 9.90 Å². The number of amides is 1. The lowest BCUT2D eigenvalue weighted by atomic mass is 10.0. The van der Waals surface area contributed by atoms with E-state index in [0.717, 1.165) is 32.1 Å². The van der Waals surface area contributed by atoms with Crippen molar-refractivity contribution in [1.82, 2.24) is 19.8 Å². The first-order valence-corrected chi connectivity index (χ1v) is 8.07. The number of halogens is 2. The third-order valence-electron chi connectivity index (χ3n) is 4.38. The number of hydrogen-bond acceptors (Lipinski definition) is 7. The standard InChI is InChI=1S/C15H24N6O2.2ClH/c16-12-8-13(22)10-21(9-12)14(23)11-19-4-6-20(7-5-19)15-17-2-1-3-18-15;;/h1-3,12-13,22H,4-11,16H2;2*1H/t12-,13+;;/m0../s1. The largest absolute Gasteiger partial charge is 0.391 e. The number of nitrogens with two attached hydrogens (primary N) is 1. The van der Waals surface area contributed by atoms with E-state index in [0.29, 0.717) is 26.1 Å². The molecule has 0 radical (unpaired) electrons. The quantitative estimate of drug-likeness (QED) is 0.705. The van der Waals surface area contributed by atoms with Gasteiger partial charge in [-0.25, -0.2) is 9.97 Å². The lowest BCUT2D eigenvalue weighted by molar-refractivity contribution is -0.136. The summed E-state index contributed by atoms with van der Waals surface area (Å²) in [7, 11) is 0. The minimum atomic E-state index is -0.505. The number of carbonyl (C=O) groups excluding carboxylic acids is 1. The minimum Gasteiger partial charge on any atom is -0.391 e. The van der Waals surface area contributed by atoms with Gasteiger partial charge in [-0.15, -0.1) is 24.8 Å². The lowest BCUT2D eigenvalue weighted by Gasteiger charge is -2.37. The topological polar surface area (TPSA) is 98.8 Å². The molecule has 2 atom stereocenters. The number of β-amino-alcohol motifs (C(OH)–C–C–N with tert-alkyl or cyclic N) is 1. The van der Waals surface area contributed by atoms with Crippen LogP contribution >= 0.6 is 24.8 Å². The number of likely N-dealkylation sites (tertiary alicyclic amines) is 1. The molecule has 1 amide bonds. The van der Waals surface area contributed by atoms with Crippen molar-refractivity contribution in [1.29, 1.82) is 0 Å². The van der Waals surface area contributed by atoms with E-state index in [1.807, 2.05) is 0 Å². The van der Waals surface area contributed by atoms with E-state index in [1.165, 1.54) is 0 Å². The predicted octanol–water partition coefficient (Wildman–Crippen LogP) is -0.637. The van der Waals surface area contributed by atoms with Gasteiger partial charge in [0.25, 0.3) is 0 Å². The molecule has 1 aromatic rings. The highest BCUT2D eigenvalue weighted by Gasteiger charge is 2.28. The average molecular weight is 393 g/mol. The Bertz CT molecular complexity index is 520. The van der Waals surface area contributed by atoms with Crippen LogP contribution in [0.4, 0.5) is 5.95 Å². The molecule has 2 fully saturated rings. The molecule has 2 aliphatic rings. The molecule has 0 saturated carbocycles. The average Bonchev–Trinajstić information content (AvgIpc) is 2.55. The Morgan fingerprint density at radius 1 is 1.16 bits per heavy atom. The fraction of sp³-hybridized carbons (Fsp3) is 0.667. The van der Waals surface area contributed by atoms with Crippen LogP contribution in [0.2, 0.25) is 0 Å². The Morgan fingerprint density at radius 3 is 2.40 bits per heavy atom. The van der Waals surface area contributed by atoms with Gasteiger partial charge in [0, 0.05) is 57.7 Å². The Morgan fingerprint density at radius 2 is 1.80 bits per heavy atom. The van der Waals surface area contributed by atoms with E-state index in [1.54, 1.807) is 23.4 Å². The maximum atomic E-state index is 12.4. The monoisotopic (exact) mass is 392 g/mol. The molecule has 10 heteroatoms. The molecule has 0 aliphatic carbocycles. The van der Waals surface area contributed by atoms with Crippen LogP contribution in [0.1, 0.15) is 6.42 Å². The molecule has 0 bridgehead atoms. The van der Waals surface area contributed by atoms with Gasteiger partial charge in [-0.05, 0) is 12.5 Å². The van der Waals surface area contributed by atoms with Crippen molar-refractivity contribution < 1.29 is 9.90 Å². The summed E-state index contributed by atoms with van der Waals surface area (Å²) in [4.78, 5) is 26.8. The van der Waals surface area contributed by atoms with Crippen molar-refractivity contribution in [3.8, 4) is 0 Å². The number of hydrogen-bond donors (Lipinski definition) is 2. The van der Waals surface area contributed by atoms with Crippen molar-refractivity contribution in [3.05, 3.63) is 18.5 Å². The molecule has 3 N–H and O–H groups in total. The zero-order valence-corrected chi connectivity index (χ0v) is 15.7. The van der Waals surface area contributed by atoms with Crippen molar-refractivity contribution in [2.75, 3.05) is 50.7 Å². The summed E-state index contributed by atoms with van der Waals surface area (Å²) in [5, 5.41) is 9.76. The van der Waals surface area contributed by atoms with Crippen molar-refractivity contribution in [2.45, 2.75) is 18.6 Å². The van der Waals surface area contributed by atoms with Gasteiger partial charge in [0.15, 0.2) is 0 Å². The van der Waals surface area contributed by atoms with Crippen LogP contribution in [0, 0.1) is 0 Å². The van der Waals surface area contributed by atoms with Crippen LogP contribution < -0.4 is 10.6 Å². The molecular weight excluding hydrogens is 367 g/mol. The summed E-state index contributed by atoms with van der Waals surface area (Å²) in [6.45, 7) is 4.51. The summed E-state index contributed by atoms with van der Waals surface area (Å²) in [6, 6.07) is 1.67. The normalized spacial score (nSPS) is 24.2. The highest BCUT2D eigenvalue weighted by Crippen LogP contribution is 2.12. The third-order valence-corrected chi connectivity index (χ3v) is 4.38. The van der Waals surface area contributed by atoms with Gasteiger partial charge < -0.3 is 20.6 Å². The zero-order valence-electron chi connectivity index (χ0n) is 14.0. The number of aliphatic hydroxyl groups is 1. The number of aliphatic hydroxyl groups excluding tert-OH is 1. The van der Waals surface area contributed by atoms with Crippen LogP contribution in [0.15, 0.2) is 18.5 Å². The smallest absolute Gasteiger partial charge is 0.236 e. The van der Waals surface area contributed by atoms with Gasteiger partial charge >= 0.3 is 0 Å². The number of piperazine rings is 1. The Labute approximate surface area is 160 Å². The maximum Gasteiger partial charge on any atom is 0.236 e. The number of carbonyl (C=O) groups is 1. The molecule has 0 spiro atoms. The van der Waals surface area contributed by atoms with Crippen LogP contribution in [0.5, 0.6) is 0 Å². The fourth-order valence-electron chi connectivity index (χ4n) is 3.17. The number of nitrogens with zero attached hydrogens (tertiary/aromatic N) is 5. The van der Waals surface area contributed by atoms with Gasteiger partial charge in [0.2, 0.25) is 11.9 Å². The number of rotatable bonds is 3. The summed E-state index contributed by atoms with van der Waals surface area (Å²) >= 11 is 0. The van der Waals surface area contributed by atoms with Crippen molar-refractivity contribution in [3.63, 3.8) is 0 Å². The third kappa shape index (κ3) is 5.93. The van der Waals surface area contributed by atoms with E-state index < -0.39 is 6.10 Å². The van der Waals surface area contributed by atoms with Gasteiger partial charge in [0.05, 0.1) is 12.6 Å². The van der Waals surface area contributed by atoms with E-state index in [2.05, 4.69) is 19.8 Å². The Kier molecular flexibility index (Phi) is 8.81. The fourth-order valence-corrected chi connectivity index (χ4v) is 3.17. The maximum absolute atomic E-state index is 12.4. The molecule has 1 aromatic heterocycles. The summed E-state index contributed by atoms with van der Waals surface area (Å²) in [6.07, 6.45) is 3.54. The van der Waals surface area contributed by atoms with Crippen LogP contribution in [0.25, 0.3) is 0 Å². The van der Waals surface area contributed by atoms with Crippen LogP contribution in [-0.4, -0.2) is 88.7 Å². The summed E-state index contributed by atoms with van der Waals surface area (Å²) < 4.78 is 0. The molecular formula is C15H26Cl2N6O2. The highest BCUT2D eigenvalue weighted by molar-refractivity contribution is 5.85. The van der Waals surface area contributed by atoms with Crippen molar-refractivity contribution >= 4 is 36.7 Å². The van der Waals surface area contributed by atoms with E-state index in [-0.39, 0.29) is 36.8 Å². The minimum absolute atomic E-state index is 0. The Hall–Kier alpha value is -1.19. The summed E-state index contributed by atoms with van der Waals surface area (Å²) in [5.74, 6) is 0.784. The molecule has 25 heavy (non-hydrogen) atoms. The zero-order chi connectivity index (χ0) is 16.2. The molecule has 3 rings (SSSR count). The van der Waals surface area contributed by atoms with Gasteiger partial charge in [-0.1, -0.05) is 0 Å². The first kappa shape index (κ1) is 21.9. The summed E-state index contributed by atoms with van der Waals surface area (Å²) in [5.41, 5.74) is 5.88. The van der Waals surface area contributed by atoms with Gasteiger partial charge in [-0.3, -0.25) is 9.69 Å². The second-order valence-corrected chi connectivity index (χ2v) is 6.26. The van der Waals surface area contributed by atoms with Gasteiger partial charge in [0.1, 0.15) is 0 Å². The number of piperidine rings is 1. The number of anilines is 1. The van der Waals surface area contributed by atoms with Gasteiger partial charge in [-0.2, -0.15) is 0 Å². The molecule has 2 saturated heterocycles. The predicted molar refractivity (Wildman–Crippen MR) is 100 cm³/mol. The molecule has 3 heterocycles. The first-order valence-electron chi connectivity index (χ1n) is 8.07. The molecule has 2 aliphatic heterocycles. The molecule has 8 nitrogen and oxygen atoms in total. The second kappa shape index (κ2) is 10.1. The molecule has 142 valence electrons. The van der Waals surface area contributed by atoms with Crippen molar-refractivity contribution in [2.24, 2.45) is 5.73 Å². The van der Waals surface area contributed by atoms with E-state index in [4.69, 9.17) is 5.73 Å². The Balaban J connectivity index is 0.00000156. The van der Waals surface area contributed by atoms with Crippen LogP contribution in [-0.2, 0) is 4.79 Å². The molecule has 0 aromatic carbocycles. The lowest BCUT2D eigenvalue weighted by Crippen LogP contribution is -2.55. The second-order valence-electron chi connectivity index (χ2n) is 6.26. The van der Waals surface area contributed by atoms with E-state index >= 15 is 0 Å². The van der Waals surface area contributed by atoms with Crippen LogP contribution in [0.3, 0.4) is 0 Å². The first-order chi connectivity index (χ1) is 11.1. The number of aromatic nitrogens is 2. The SMILES string of the molecule is Cl.Cl.N[C@H]1C[C@@H](O)CN(C(=O)CN2CCN(c3ncccn3)CC2)C1. The molecule has 0 unspecified atom stereocenters. The highest BCUT2D eigenvalue weighted by atomic mass is 35.5.